The Morgan fingerprint density at radius 3 is 1.49 bits per heavy atom. The fourth-order valence-electron chi connectivity index (χ4n) is 5.47. The Kier molecular flexibility index (Phi) is 15.3. The molecule has 1 aromatic carbocycles. The molecule has 0 bridgehead atoms. The Balaban J connectivity index is 2.17. The van der Waals surface area contributed by atoms with Crippen LogP contribution in [-0.4, -0.2) is 116 Å². The van der Waals surface area contributed by atoms with E-state index in [0.29, 0.717) is 0 Å². The third-order valence-corrected chi connectivity index (χ3v) is 7.27. The lowest BCUT2D eigenvalue weighted by Gasteiger charge is -2.49. The summed E-state index contributed by atoms with van der Waals surface area (Å²) in [6, 6.07) is 7.62. The molecule has 0 aromatic heterocycles. The second-order valence-corrected chi connectivity index (χ2v) is 11.6. The highest BCUT2D eigenvalue weighted by molar-refractivity contribution is 5.73. The molecule has 18 nitrogen and oxygen atoms in total. The summed E-state index contributed by atoms with van der Waals surface area (Å²) in [6.07, 6.45) is -13.5. The highest BCUT2D eigenvalue weighted by Gasteiger charge is 2.57. The van der Waals surface area contributed by atoms with E-state index in [2.05, 4.69) is 5.32 Å². The number of rotatable bonds is 14. The van der Waals surface area contributed by atoms with Gasteiger partial charge >= 0.3 is 35.8 Å². The average Bonchev–Trinajstić information content (AvgIpc) is 3.02. The molecule has 2 aliphatic heterocycles. The van der Waals surface area contributed by atoms with E-state index >= 15 is 0 Å². The SMILES string of the molecule is CC(=O)N[C@H]1[C@@H](OCc2ccccc2)O[C@H](COC(C)=O)[C@H](OC(C)=O)[C@@H]1OC1O[C@H](COC(C)=O)[C@H](OC(C)=O)[C@H](OC(C)=O)[C@H]1OC(C)=O. The number of carbonyl (C=O) groups excluding carboxylic acids is 7. The van der Waals surface area contributed by atoms with Crippen LogP contribution in [0.4, 0.5) is 0 Å². The molecular weight excluding hydrogens is 682 g/mol. The van der Waals surface area contributed by atoms with Crippen LogP contribution in [0.1, 0.15) is 54.0 Å². The highest BCUT2D eigenvalue weighted by atomic mass is 16.8. The predicted octanol–water partition coefficient (Wildman–Crippen LogP) is 0.396. The van der Waals surface area contributed by atoms with Crippen LogP contribution in [0.25, 0.3) is 0 Å². The zero-order valence-electron chi connectivity index (χ0n) is 29.2. The summed E-state index contributed by atoms with van der Waals surface area (Å²) in [5.74, 6) is -5.45. The smallest absolute Gasteiger partial charge is 0.303 e. The molecule has 10 atom stereocenters. The number of amides is 1. The first kappa shape index (κ1) is 40.8. The summed E-state index contributed by atoms with van der Waals surface area (Å²) in [4.78, 5) is 85.7. The molecule has 0 aliphatic carbocycles. The van der Waals surface area contributed by atoms with E-state index in [0.717, 1.165) is 47.1 Å². The van der Waals surface area contributed by atoms with Crippen LogP contribution in [0.15, 0.2) is 30.3 Å². The van der Waals surface area contributed by atoms with Crippen molar-refractivity contribution in [1.29, 1.82) is 0 Å². The fraction of sp³-hybridized carbons (Fsp3) is 0.606. The molecule has 2 fully saturated rings. The van der Waals surface area contributed by atoms with Gasteiger partial charge in [0.1, 0.15) is 37.6 Å². The van der Waals surface area contributed by atoms with Crippen LogP contribution in [-0.2, 0) is 87.5 Å². The van der Waals surface area contributed by atoms with Crippen LogP contribution < -0.4 is 5.32 Å². The first-order valence-corrected chi connectivity index (χ1v) is 15.9. The van der Waals surface area contributed by atoms with Crippen LogP contribution in [0, 0.1) is 0 Å². The number of nitrogens with one attached hydrogen (secondary N) is 1. The summed E-state index contributed by atoms with van der Waals surface area (Å²) >= 11 is 0. The van der Waals surface area contributed by atoms with Gasteiger partial charge in [0, 0.05) is 48.5 Å². The Morgan fingerprint density at radius 1 is 0.569 bits per heavy atom. The van der Waals surface area contributed by atoms with Gasteiger partial charge in [-0.05, 0) is 5.56 Å². The lowest BCUT2D eigenvalue weighted by Crippen LogP contribution is -2.69. The maximum atomic E-state index is 12.6. The molecule has 3 rings (SSSR count). The van der Waals surface area contributed by atoms with Crippen LogP contribution in [0.5, 0.6) is 0 Å². The second kappa shape index (κ2) is 19.1. The van der Waals surface area contributed by atoms with Crippen molar-refractivity contribution >= 4 is 41.7 Å². The third-order valence-electron chi connectivity index (χ3n) is 7.27. The van der Waals surface area contributed by atoms with Gasteiger partial charge in [-0.15, -0.1) is 0 Å². The number of hydrogen-bond donors (Lipinski definition) is 1. The van der Waals surface area contributed by atoms with E-state index in [9.17, 15) is 33.6 Å². The normalized spacial score (nSPS) is 28.7. The molecule has 282 valence electrons. The van der Waals surface area contributed by atoms with Crippen molar-refractivity contribution in [3.63, 3.8) is 0 Å². The number of esters is 6. The van der Waals surface area contributed by atoms with E-state index < -0.39 is 116 Å². The van der Waals surface area contributed by atoms with Gasteiger partial charge < -0.3 is 52.7 Å². The molecule has 1 aromatic rings. The van der Waals surface area contributed by atoms with Gasteiger partial charge in [-0.25, -0.2) is 0 Å². The van der Waals surface area contributed by atoms with Gasteiger partial charge in [-0.3, -0.25) is 33.6 Å². The van der Waals surface area contributed by atoms with Crippen molar-refractivity contribution in [2.45, 2.75) is 116 Å². The first-order valence-electron chi connectivity index (χ1n) is 15.9. The van der Waals surface area contributed by atoms with E-state index in [1.807, 2.05) is 0 Å². The number of carbonyl (C=O) groups is 7. The quantitative estimate of drug-likeness (QED) is 0.202. The minimum absolute atomic E-state index is 0.0358. The Hall–Kier alpha value is -4.65. The Bertz CT molecular complexity index is 1400. The molecule has 0 saturated carbocycles. The van der Waals surface area contributed by atoms with E-state index in [4.69, 9.17) is 47.4 Å². The predicted molar refractivity (Wildman–Crippen MR) is 167 cm³/mol. The Labute approximate surface area is 293 Å². The highest BCUT2D eigenvalue weighted by Crippen LogP contribution is 2.35. The molecule has 18 heteroatoms. The van der Waals surface area contributed by atoms with Gasteiger partial charge in [-0.1, -0.05) is 30.3 Å². The van der Waals surface area contributed by atoms with Crippen molar-refractivity contribution < 1.29 is 80.9 Å². The zero-order valence-corrected chi connectivity index (χ0v) is 29.2. The van der Waals surface area contributed by atoms with E-state index in [1.165, 1.54) is 6.92 Å². The molecule has 2 heterocycles. The maximum Gasteiger partial charge on any atom is 0.303 e. The van der Waals surface area contributed by atoms with E-state index in [-0.39, 0.29) is 6.61 Å². The Morgan fingerprint density at radius 2 is 1.02 bits per heavy atom. The second-order valence-electron chi connectivity index (χ2n) is 11.6. The fourth-order valence-corrected chi connectivity index (χ4v) is 5.47. The molecule has 2 aliphatic rings. The molecular formula is C33H43NO17. The molecule has 1 unspecified atom stereocenters. The summed E-state index contributed by atoms with van der Waals surface area (Å²) in [6.45, 7) is 6.68. The minimum atomic E-state index is -1.76. The standard InChI is InChI=1S/C33H43NO17/c1-16(35)34-26-29(27(45-19(4)38)24(14-42-17(2)36)49-32(26)44-13-23-11-9-8-10-12-23)51-33-31(48-22(7)41)30(47-21(6)40)28(46-20(5)39)25(50-33)15-43-18(3)37/h8-12,24-33H,13-15H2,1-7H3,(H,34,35)/t24-,25-,26-,27+,28+,29-,30+,31-,32+,33?/m1/s1. The molecule has 1 amide bonds. The zero-order chi connectivity index (χ0) is 37.8. The van der Waals surface area contributed by atoms with Crippen LogP contribution >= 0.6 is 0 Å². The minimum Gasteiger partial charge on any atom is -0.463 e. The van der Waals surface area contributed by atoms with Crippen molar-refractivity contribution in [3.8, 4) is 0 Å². The molecule has 0 radical (unpaired) electrons. The summed E-state index contributed by atoms with van der Waals surface area (Å²) < 4.78 is 57.2. The lowest BCUT2D eigenvalue weighted by atomic mass is 9.94. The van der Waals surface area contributed by atoms with Crippen LogP contribution in [0.2, 0.25) is 0 Å². The summed E-state index contributed by atoms with van der Waals surface area (Å²) in [5, 5.41) is 2.68. The van der Waals surface area contributed by atoms with Gasteiger partial charge in [0.15, 0.2) is 37.0 Å². The monoisotopic (exact) mass is 725 g/mol. The first-order chi connectivity index (χ1) is 24.0. The molecule has 51 heavy (non-hydrogen) atoms. The summed E-state index contributed by atoms with van der Waals surface area (Å²) in [5.41, 5.74) is 0.721. The molecule has 0 spiro atoms. The van der Waals surface area contributed by atoms with E-state index in [1.54, 1.807) is 30.3 Å². The number of benzene rings is 1. The van der Waals surface area contributed by atoms with Gasteiger partial charge in [0.2, 0.25) is 5.91 Å². The molecule has 1 N–H and O–H groups in total. The maximum absolute atomic E-state index is 12.6. The van der Waals surface area contributed by atoms with Crippen LogP contribution in [0.3, 0.4) is 0 Å². The third kappa shape index (κ3) is 12.6. The van der Waals surface area contributed by atoms with Gasteiger partial charge in [0.05, 0.1) is 6.61 Å². The van der Waals surface area contributed by atoms with Crippen molar-refractivity contribution in [1.82, 2.24) is 5.32 Å². The van der Waals surface area contributed by atoms with Gasteiger partial charge in [-0.2, -0.15) is 0 Å². The lowest BCUT2D eigenvalue weighted by molar-refractivity contribution is -0.348. The number of ether oxygens (including phenoxy) is 10. The van der Waals surface area contributed by atoms with Crippen molar-refractivity contribution in [3.05, 3.63) is 35.9 Å². The van der Waals surface area contributed by atoms with Crippen molar-refractivity contribution in [2.24, 2.45) is 0 Å². The van der Waals surface area contributed by atoms with Gasteiger partial charge in [0.25, 0.3) is 0 Å². The molecule has 2 saturated heterocycles. The number of hydrogen-bond acceptors (Lipinski definition) is 17. The van der Waals surface area contributed by atoms with Crippen molar-refractivity contribution in [2.75, 3.05) is 13.2 Å². The average molecular weight is 726 g/mol. The topological polar surface area (TPSA) is 224 Å². The largest absolute Gasteiger partial charge is 0.463 e. The summed E-state index contributed by atoms with van der Waals surface area (Å²) in [7, 11) is 0.